The van der Waals surface area contributed by atoms with Crippen molar-refractivity contribution in [3.05, 3.63) is 0 Å². The third-order valence-corrected chi connectivity index (χ3v) is 2.77. The molecule has 0 amide bonds. The van der Waals surface area contributed by atoms with Gasteiger partial charge in [-0.1, -0.05) is 19.3 Å². The van der Waals surface area contributed by atoms with Gasteiger partial charge in [0.05, 0.1) is 6.61 Å². The van der Waals surface area contributed by atoms with Crippen LogP contribution in [0.3, 0.4) is 0 Å². The van der Waals surface area contributed by atoms with E-state index in [1.54, 1.807) is 0 Å². The van der Waals surface area contributed by atoms with Crippen LogP contribution in [0.1, 0.15) is 32.1 Å². The summed E-state index contributed by atoms with van der Waals surface area (Å²) in [4.78, 5) is 11.5. The lowest BCUT2D eigenvalue weighted by molar-refractivity contribution is -0.141. The van der Waals surface area contributed by atoms with Crippen LogP contribution in [0.25, 0.3) is 0 Å². The fraction of sp³-hybridized carbons (Fsp3) is 0.889. The molecule has 3 nitrogen and oxygen atoms in total. The molecule has 1 N–H and O–H groups in total. The highest BCUT2D eigenvalue weighted by atomic mass is 16.6. The quantitative estimate of drug-likeness (QED) is 0.619. The van der Waals surface area contributed by atoms with E-state index >= 15 is 0 Å². The molecule has 0 aromatic carbocycles. The Morgan fingerprint density at radius 3 is 2.42 bits per heavy atom. The highest BCUT2D eigenvalue weighted by Crippen LogP contribution is 2.32. The first-order valence-corrected chi connectivity index (χ1v) is 4.61. The average Bonchev–Trinajstić information content (AvgIpc) is 2.87. The van der Waals surface area contributed by atoms with Crippen molar-refractivity contribution in [3.63, 3.8) is 0 Å². The smallest absolute Gasteiger partial charge is 0.195 e. The predicted molar refractivity (Wildman–Crippen MR) is 42.8 cm³/mol. The van der Waals surface area contributed by atoms with E-state index in [0.717, 1.165) is 19.3 Å². The number of rotatable bonds is 2. The minimum absolute atomic E-state index is 0.0813. The molecule has 12 heavy (non-hydrogen) atoms. The van der Waals surface area contributed by atoms with Crippen molar-refractivity contribution in [1.82, 2.24) is 0 Å². The topological polar surface area (TPSA) is 49.8 Å². The normalized spacial score (nSPS) is 32.9. The number of carbonyl (C=O) groups excluding carboxylic acids is 1. The second kappa shape index (κ2) is 2.82. The van der Waals surface area contributed by atoms with E-state index < -0.39 is 5.60 Å². The number of Topliss-reactive ketones (excluding diaryl/α,β-unsaturated/α-hetero) is 1. The van der Waals surface area contributed by atoms with Gasteiger partial charge in [0.15, 0.2) is 5.78 Å². The molecule has 2 fully saturated rings. The maximum Gasteiger partial charge on any atom is 0.195 e. The van der Waals surface area contributed by atoms with Gasteiger partial charge in [-0.2, -0.15) is 0 Å². The first kappa shape index (κ1) is 8.20. The number of epoxide rings is 1. The molecular weight excluding hydrogens is 156 g/mol. The summed E-state index contributed by atoms with van der Waals surface area (Å²) < 4.78 is 4.88. The van der Waals surface area contributed by atoms with Crippen LogP contribution in [0.2, 0.25) is 0 Å². The number of aliphatic hydroxyl groups is 1. The monoisotopic (exact) mass is 170 g/mol. The molecule has 0 bridgehead atoms. The molecule has 0 aromatic heterocycles. The number of hydrogen-bond donors (Lipinski definition) is 1. The number of ketones is 1. The maximum absolute atomic E-state index is 11.5. The minimum Gasteiger partial charge on any atom is -0.382 e. The summed E-state index contributed by atoms with van der Waals surface area (Å²) in [5, 5.41) is 9.92. The van der Waals surface area contributed by atoms with Gasteiger partial charge in [-0.05, 0) is 12.8 Å². The van der Waals surface area contributed by atoms with Gasteiger partial charge in [0, 0.05) is 0 Å². The van der Waals surface area contributed by atoms with E-state index in [4.69, 9.17) is 4.74 Å². The predicted octanol–water partition coefficient (Wildman–Crippen LogP) is 0.649. The Kier molecular flexibility index (Phi) is 1.93. The molecule has 1 saturated carbocycles. The molecule has 0 radical (unpaired) electrons. The molecule has 3 heteroatoms. The van der Waals surface area contributed by atoms with Crippen molar-refractivity contribution < 1.29 is 14.6 Å². The maximum atomic E-state index is 11.5. The zero-order chi connectivity index (χ0) is 8.60. The number of hydrogen-bond acceptors (Lipinski definition) is 3. The third kappa shape index (κ3) is 1.39. The second-order valence-corrected chi connectivity index (χ2v) is 3.78. The van der Waals surface area contributed by atoms with Gasteiger partial charge in [0.2, 0.25) is 0 Å². The standard InChI is InChI=1S/C9H14O3/c10-8(7-6-12-7)9(11)4-2-1-3-5-9/h7,11H,1-6H2. The Labute approximate surface area is 71.7 Å². The molecule has 1 aliphatic heterocycles. The second-order valence-electron chi connectivity index (χ2n) is 3.78. The molecule has 2 rings (SSSR count). The summed E-state index contributed by atoms with van der Waals surface area (Å²) in [6, 6.07) is 0. The highest BCUT2D eigenvalue weighted by molar-refractivity contribution is 5.92. The Balaban J connectivity index is 2.01. The van der Waals surface area contributed by atoms with Crippen LogP contribution >= 0.6 is 0 Å². The Morgan fingerprint density at radius 1 is 1.33 bits per heavy atom. The van der Waals surface area contributed by atoms with Crippen molar-refractivity contribution in [2.24, 2.45) is 0 Å². The summed E-state index contributed by atoms with van der Waals surface area (Å²) >= 11 is 0. The van der Waals surface area contributed by atoms with Gasteiger partial charge >= 0.3 is 0 Å². The average molecular weight is 170 g/mol. The number of carbonyl (C=O) groups is 1. The molecule has 1 unspecified atom stereocenters. The van der Waals surface area contributed by atoms with E-state index in [-0.39, 0.29) is 11.9 Å². The van der Waals surface area contributed by atoms with E-state index in [1.807, 2.05) is 0 Å². The van der Waals surface area contributed by atoms with Crippen molar-refractivity contribution >= 4 is 5.78 Å². The summed E-state index contributed by atoms with van der Waals surface area (Å²) in [6.45, 7) is 0.515. The van der Waals surface area contributed by atoms with Gasteiger partial charge in [-0.15, -0.1) is 0 Å². The number of ether oxygens (including phenoxy) is 1. The fourth-order valence-electron chi connectivity index (χ4n) is 1.88. The van der Waals surface area contributed by atoms with Crippen LogP contribution in [0.5, 0.6) is 0 Å². The molecule has 1 saturated heterocycles. The molecule has 0 spiro atoms. The van der Waals surface area contributed by atoms with Gasteiger partial charge in [-0.3, -0.25) is 4.79 Å². The fourth-order valence-corrected chi connectivity index (χ4v) is 1.88. The zero-order valence-corrected chi connectivity index (χ0v) is 7.08. The third-order valence-electron chi connectivity index (χ3n) is 2.77. The summed E-state index contributed by atoms with van der Waals surface area (Å²) in [5.41, 5.74) is -1.04. The van der Waals surface area contributed by atoms with Crippen LogP contribution in [0.4, 0.5) is 0 Å². The minimum atomic E-state index is -1.04. The van der Waals surface area contributed by atoms with Crippen molar-refractivity contribution in [2.45, 2.75) is 43.8 Å². The van der Waals surface area contributed by atoms with Crippen LogP contribution < -0.4 is 0 Å². The van der Waals surface area contributed by atoms with Gasteiger partial charge in [0.1, 0.15) is 11.7 Å². The zero-order valence-electron chi connectivity index (χ0n) is 7.08. The molecule has 1 heterocycles. The SMILES string of the molecule is O=C(C1CO1)C1(O)CCCCC1. The largest absolute Gasteiger partial charge is 0.382 e. The van der Waals surface area contributed by atoms with Crippen molar-refractivity contribution in [1.29, 1.82) is 0 Å². The van der Waals surface area contributed by atoms with Crippen LogP contribution in [0, 0.1) is 0 Å². The Bertz CT molecular complexity index is 190. The molecule has 1 aliphatic carbocycles. The molecule has 1 atom stereocenters. The first-order valence-electron chi connectivity index (χ1n) is 4.61. The van der Waals surface area contributed by atoms with Crippen LogP contribution in [-0.2, 0) is 9.53 Å². The highest BCUT2D eigenvalue weighted by Gasteiger charge is 2.45. The van der Waals surface area contributed by atoms with Crippen molar-refractivity contribution in [3.8, 4) is 0 Å². The molecule has 0 aromatic rings. The summed E-state index contributed by atoms with van der Waals surface area (Å²) in [6.07, 6.45) is 4.05. The van der Waals surface area contributed by atoms with Gasteiger partial charge < -0.3 is 9.84 Å². The van der Waals surface area contributed by atoms with Gasteiger partial charge in [0.25, 0.3) is 0 Å². The lowest BCUT2D eigenvalue weighted by Gasteiger charge is -2.29. The van der Waals surface area contributed by atoms with Crippen molar-refractivity contribution in [2.75, 3.05) is 6.61 Å². The van der Waals surface area contributed by atoms with E-state index in [0.29, 0.717) is 19.4 Å². The molecule has 68 valence electrons. The molecular formula is C9H14O3. The van der Waals surface area contributed by atoms with E-state index in [9.17, 15) is 9.90 Å². The Morgan fingerprint density at radius 2 is 1.92 bits per heavy atom. The van der Waals surface area contributed by atoms with E-state index in [1.165, 1.54) is 0 Å². The summed E-state index contributed by atoms with van der Waals surface area (Å²) in [7, 11) is 0. The van der Waals surface area contributed by atoms with Gasteiger partial charge in [-0.25, -0.2) is 0 Å². The van der Waals surface area contributed by atoms with E-state index in [2.05, 4.69) is 0 Å². The lowest BCUT2D eigenvalue weighted by atomic mass is 9.81. The van der Waals surface area contributed by atoms with Crippen LogP contribution in [0.15, 0.2) is 0 Å². The first-order chi connectivity index (χ1) is 5.72. The summed E-state index contributed by atoms with van der Waals surface area (Å²) in [5.74, 6) is -0.0813. The lowest BCUT2D eigenvalue weighted by Crippen LogP contribution is -2.43. The molecule has 2 aliphatic rings. The Hall–Kier alpha value is -0.410. The van der Waals surface area contributed by atoms with Crippen LogP contribution in [-0.4, -0.2) is 29.2 Å².